The second kappa shape index (κ2) is 8.16. The van der Waals surface area contributed by atoms with Gasteiger partial charge in [0.15, 0.2) is 0 Å². The van der Waals surface area contributed by atoms with Gasteiger partial charge in [-0.25, -0.2) is 4.98 Å². The summed E-state index contributed by atoms with van der Waals surface area (Å²) in [6, 6.07) is 14.2. The molecule has 2 heterocycles. The van der Waals surface area contributed by atoms with Crippen molar-refractivity contribution >= 4 is 11.7 Å². The zero-order chi connectivity index (χ0) is 18.5. The molecule has 1 fully saturated rings. The molecule has 0 atom stereocenters. The molecule has 0 spiro atoms. The van der Waals surface area contributed by atoms with Crippen molar-refractivity contribution in [2.45, 2.75) is 44.6 Å². The number of carbonyl (C=O) groups is 1. The van der Waals surface area contributed by atoms with E-state index in [1.807, 2.05) is 41.3 Å². The molecule has 5 nitrogen and oxygen atoms in total. The number of rotatable bonds is 6. The summed E-state index contributed by atoms with van der Waals surface area (Å²) in [6.45, 7) is 0.701. The molecule has 27 heavy (non-hydrogen) atoms. The highest BCUT2D eigenvalue weighted by Crippen LogP contribution is 2.33. The molecule has 3 aromatic rings. The number of nitrogens with zero attached hydrogens (tertiary/aromatic N) is 3. The number of benzene rings is 1. The number of anilines is 1. The largest absolute Gasteiger partial charge is 0.310 e. The molecule has 4 rings (SSSR count). The number of carbonyl (C=O) groups excluding carboxylic acids is 1. The molecule has 138 valence electrons. The van der Waals surface area contributed by atoms with Gasteiger partial charge in [0.05, 0.1) is 19.2 Å². The average molecular weight is 360 g/mol. The van der Waals surface area contributed by atoms with Gasteiger partial charge >= 0.3 is 0 Å². The zero-order valence-corrected chi connectivity index (χ0v) is 15.3. The van der Waals surface area contributed by atoms with Gasteiger partial charge in [-0.2, -0.15) is 5.10 Å². The lowest BCUT2D eigenvalue weighted by Gasteiger charge is -2.10. The van der Waals surface area contributed by atoms with Gasteiger partial charge in [0.1, 0.15) is 5.82 Å². The molecular weight excluding hydrogens is 336 g/mol. The zero-order valence-electron chi connectivity index (χ0n) is 15.3. The molecule has 0 radical (unpaired) electrons. The van der Waals surface area contributed by atoms with Gasteiger partial charge in [-0.15, -0.1) is 0 Å². The van der Waals surface area contributed by atoms with E-state index in [1.165, 1.54) is 36.8 Å². The first kappa shape index (κ1) is 17.5. The molecule has 0 aliphatic heterocycles. The van der Waals surface area contributed by atoms with Gasteiger partial charge in [0.2, 0.25) is 5.91 Å². The Hall–Kier alpha value is -2.95. The maximum absolute atomic E-state index is 12.3. The third kappa shape index (κ3) is 4.61. The number of pyridine rings is 1. The number of hydrogen-bond donors (Lipinski definition) is 1. The number of amides is 1. The van der Waals surface area contributed by atoms with Crippen LogP contribution in [-0.2, 0) is 17.8 Å². The van der Waals surface area contributed by atoms with Crippen LogP contribution in [0.2, 0.25) is 0 Å². The van der Waals surface area contributed by atoms with Crippen LogP contribution in [0.5, 0.6) is 0 Å². The Morgan fingerprint density at radius 1 is 1.04 bits per heavy atom. The predicted molar refractivity (Wildman–Crippen MR) is 106 cm³/mol. The summed E-state index contributed by atoms with van der Waals surface area (Å²) in [5, 5.41) is 7.23. The van der Waals surface area contributed by atoms with Crippen LogP contribution in [0.3, 0.4) is 0 Å². The van der Waals surface area contributed by atoms with Crippen molar-refractivity contribution in [3.05, 3.63) is 77.7 Å². The fourth-order valence-corrected chi connectivity index (χ4v) is 3.71. The van der Waals surface area contributed by atoms with Crippen molar-refractivity contribution in [2.75, 3.05) is 5.32 Å². The topological polar surface area (TPSA) is 59.8 Å². The smallest absolute Gasteiger partial charge is 0.230 e. The fourth-order valence-electron chi connectivity index (χ4n) is 3.71. The third-order valence-electron chi connectivity index (χ3n) is 5.12. The van der Waals surface area contributed by atoms with Crippen molar-refractivity contribution in [2.24, 2.45) is 0 Å². The summed E-state index contributed by atoms with van der Waals surface area (Å²) in [5.41, 5.74) is 3.36. The highest BCUT2D eigenvalue weighted by molar-refractivity contribution is 5.91. The first-order chi connectivity index (χ1) is 13.3. The minimum absolute atomic E-state index is 0.0737. The van der Waals surface area contributed by atoms with Crippen LogP contribution in [0.4, 0.5) is 5.82 Å². The van der Waals surface area contributed by atoms with E-state index in [4.69, 9.17) is 0 Å². The summed E-state index contributed by atoms with van der Waals surface area (Å²) in [4.78, 5) is 16.7. The van der Waals surface area contributed by atoms with Crippen LogP contribution >= 0.6 is 0 Å². The summed E-state index contributed by atoms with van der Waals surface area (Å²) < 4.78 is 1.85. The van der Waals surface area contributed by atoms with Gasteiger partial charge < -0.3 is 5.32 Å². The lowest BCUT2D eigenvalue weighted by molar-refractivity contribution is -0.115. The van der Waals surface area contributed by atoms with Crippen molar-refractivity contribution in [1.29, 1.82) is 0 Å². The Bertz CT molecular complexity index is 880. The Morgan fingerprint density at radius 2 is 1.85 bits per heavy atom. The average Bonchev–Trinajstić information content (AvgIpc) is 3.36. The van der Waals surface area contributed by atoms with Crippen molar-refractivity contribution in [3.8, 4) is 0 Å². The summed E-state index contributed by atoms with van der Waals surface area (Å²) in [5.74, 6) is 1.17. The molecule has 1 aliphatic carbocycles. The van der Waals surface area contributed by atoms with Crippen molar-refractivity contribution in [1.82, 2.24) is 14.8 Å². The number of nitrogens with one attached hydrogen (secondary N) is 1. The molecule has 1 amide bonds. The van der Waals surface area contributed by atoms with Crippen molar-refractivity contribution in [3.63, 3.8) is 0 Å². The Kier molecular flexibility index (Phi) is 5.28. The molecule has 0 saturated heterocycles. The van der Waals surface area contributed by atoms with Crippen LogP contribution in [0.1, 0.15) is 48.3 Å². The second-order valence-electron chi connectivity index (χ2n) is 7.21. The van der Waals surface area contributed by atoms with Crippen LogP contribution in [0, 0.1) is 0 Å². The predicted octanol–water partition coefficient (Wildman–Crippen LogP) is 4.17. The van der Waals surface area contributed by atoms with E-state index in [1.54, 1.807) is 6.20 Å². The molecule has 1 N–H and O–H groups in total. The van der Waals surface area contributed by atoms with Gasteiger partial charge in [0, 0.05) is 12.4 Å². The van der Waals surface area contributed by atoms with Crippen molar-refractivity contribution < 1.29 is 4.79 Å². The van der Waals surface area contributed by atoms with E-state index in [0.717, 1.165) is 5.56 Å². The molecule has 1 aromatic carbocycles. The highest BCUT2D eigenvalue weighted by atomic mass is 16.1. The van der Waals surface area contributed by atoms with Crippen LogP contribution < -0.4 is 5.32 Å². The van der Waals surface area contributed by atoms with E-state index in [-0.39, 0.29) is 5.91 Å². The van der Waals surface area contributed by atoms with Gasteiger partial charge in [-0.3, -0.25) is 9.48 Å². The Morgan fingerprint density at radius 3 is 2.59 bits per heavy atom. The first-order valence-corrected chi connectivity index (χ1v) is 9.57. The SMILES string of the molecule is O=C(Cc1cnn(Cc2ccccc2)c1)Nc1ccc(C2CCCC2)cn1. The highest BCUT2D eigenvalue weighted by Gasteiger charge is 2.17. The normalized spacial score (nSPS) is 14.4. The Balaban J connectivity index is 1.31. The van der Waals surface area contributed by atoms with E-state index in [0.29, 0.717) is 24.7 Å². The molecule has 0 unspecified atom stereocenters. The van der Waals surface area contributed by atoms with E-state index >= 15 is 0 Å². The third-order valence-corrected chi connectivity index (χ3v) is 5.12. The van der Waals surface area contributed by atoms with Gasteiger partial charge in [0.25, 0.3) is 0 Å². The molecule has 1 aliphatic rings. The quantitative estimate of drug-likeness (QED) is 0.718. The minimum atomic E-state index is -0.0737. The monoisotopic (exact) mass is 360 g/mol. The summed E-state index contributed by atoms with van der Waals surface area (Å²) in [7, 11) is 0. The Labute approximate surface area is 159 Å². The van der Waals surface area contributed by atoms with Crippen LogP contribution in [-0.4, -0.2) is 20.7 Å². The summed E-state index contributed by atoms with van der Waals surface area (Å²) in [6.07, 6.45) is 11.0. The maximum Gasteiger partial charge on any atom is 0.230 e. The van der Waals surface area contributed by atoms with E-state index < -0.39 is 0 Å². The summed E-state index contributed by atoms with van der Waals surface area (Å²) >= 11 is 0. The van der Waals surface area contributed by atoms with E-state index in [9.17, 15) is 4.79 Å². The maximum atomic E-state index is 12.3. The molecule has 1 saturated carbocycles. The van der Waals surface area contributed by atoms with Gasteiger partial charge in [-0.1, -0.05) is 49.2 Å². The van der Waals surface area contributed by atoms with Gasteiger partial charge in [-0.05, 0) is 41.5 Å². The minimum Gasteiger partial charge on any atom is -0.310 e. The number of hydrogen-bond acceptors (Lipinski definition) is 3. The van der Waals surface area contributed by atoms with E-state index in [2.05, 4.69) is 33.6 Å². The lowest BCUT2D eigenvalue weighted by atomic mass is 10.00. The van der Waals surface area contributed by atoms with Crippen LogP contribution in [0.25, 0.3) is 0 Å². The molecule has 0 bridgehead atoms. The second-order valence-corrected chi connectivity index (χ2v) is 7.21. The standard InChI is InChI=1S/C22H24N4O/c27-22(25-21-11-10-20(14-23-21)19-8-4-5-9-19)12-18-13-24-26(16-18)15-17-6-2-1-3-7-17/h1-3,6-7,10-11,13-14,16,19H,4-5,8-9,12,15H2,(H,23,25,27). The number of aromatic nitrogens is 3. The first-order valence-electron chi connectivity index (χ1n) is 9.57. The lowest BCUT2D eigenvalue weighted by Crippen LogP contribution is -2.15. The fraction of sp³-hybridized carbons (Fsp3) is 0.318. The molecule has 5 heteroatoms. The molecular formula is C22H24N4O. The molecule has 2 aromatic heterocycles. The van der Waals surface area contributed by atoms with Crippen LogP contribution in [0.15, 0.2) is 61.1 Å².